The van der Waals surface area contributed by atoms with Crippen LogP contribution in [0.3, 0.4) is 0 Å². The van der Waals surface area contributed by atoms with Gasteiger partial charge < -0.3 is 21.1 Å². The standard InChI is InChI=1S/C19H20F3N3OS/c20-19(21,22)4-1-5-25-10-16(15-3-2-13(23)9-17(15)25)11-6-12(18(24)27)8-14(26)7-11/h2-3,6-8,10,13,26H,1,4-5,9,23H2,(H2,24,27). The summed E-state index contributed by atoms with van der Waals surface area (Å²) in [7, 11) is 0. The van der Waals surface area contributed by atoms with E-state index in [-0.39, 0.29) is 29.7 Å². The Hall–Kier alpha value is -2.32. The molecule has 1 aliphatic rings. The molecule has 8 heteroatoms. The van der Waals surface area contributed by atoms with Crippen molar-refractivity contribution in [3.05, 3.63) is 47.3 Å². The van der Waals surface area contributed by atoms with Gasteiger partial charge in [-0.15, -0.1) is 0 Å². The molecule has 1 heterocycles. The minimum Gasteiger partial charge on any atom is -0.508 e. The smallest absolute Gasteiger partial charge is 0.389 e. The third-order valence-corrected chi connectivity index (χ3v) is 4.78. The quantitative estimate of drug-likeness (QED) is 0.674. The average molecular weight is 395 g/mol. The van der Waals surface area contributed by atoms with Gasteiger partial charge in [0.2, 0.25) is 0 Å². The van der Waals surface area contributed by atoms with Crippen LogP contribution in [0.25, 0.3) is 17.2 Å². The number of benzene rings is 1. The highest BCUT2D eigenvalue weighted by molar-refractivity contribution is 7.80. The lowest BCUT2D eigenvalue weighted by Gasteiger charge is -2.17. The Morgan fingerprint density at radius 1 is 1.30 bits per heavy atom. The van der Waals surface area contributed by atoms with E-state index in [2.05, 4.69) is 0 Å². The molecule has 144 valence electrons. The number of phenols is 1. The van der Waals surface area contributed by atoms with Crippen molar-refractivity contribution in [1.82, 2.24) is 4.57 Å². The third kappa shape index (κ3) is 4.51. The molecule has 0 spiro atoms. The molecule has 1 aliphatic carbocycles. The molecule has 27 heavy (non-hydrogen) atoms. The molecule has 5 N–H and O–H groups in total. The fraction of sp³-hybridized carbons (Fsp3) is 0.316. The van der Waals surface area contributed by atoms with Crippen molar-refractivity contribution < 1.29 is 18.3 Å². The van der Waals surface area contributed by atoms with E-state index < -0.39 is 12.6 Å². The number of aromatic nitrogens is 1. The molecule has 4 nitrogen and oxygen atoms in total. The lowest BCUT2D eigenvalue weighted by Crippen LogP contribution is -2.24. The van der Waals surface area contributed by atoms with E-state index >= 15 is 0 Å². The predicted octanol–water partition coefficient (Wildman–Crippen LogP) is 3.73. The van der Waals surface area contributed by atoms with Gasteiger partial charge in [0.1, 0.15) is 10.7 Å². The van der Waals surface area contributed by atoms with Crippen LogP contribution in [0.4, 0.5) is 13.2 Å². The maximum atomic E-state index is 12.5. The minimum absolute atomic E-state index is 0.0127. The molecule has 0 fully saturated rings. The van der Waals surface area contributed by atoms with E-state index in [9.17, 15) is 18.3 Å². The van der Waals surface area contributed by atoms with Gasteiger partial charge in [-0.3, -0.25) is 0 Å². The molecule has 1 aromatic heterocycles. The first-order valence-electron chi connectivity index (χ1n) is 8.51. The average Bonchev–Trinajstić information content (AvgIpc) is 2.91. The predicted molar refractivity (Wildman–Crippen MR) is 103 cm³/mol. The second kappa shape index (κ2) is 7.36. The van der Waals surface area contributed by atoms with Crippen LogP contribution in [0.1, 0.15) is 29.7 Å². The summed E-state index contributed by atoms with van der Waals surface area (Å²) in [4.78, 5) is 0.156. The van der Waals surface area contributed by atoms with Crippen molar-refractivity contribution in [3.8, 4) is 16.9 Å². The Morgan fingerprint density at radius 3 is 2.70 bits per heavy atom. The number of alkyl halides is 3. The van der Waals surface area contributed by atoms with Gasteiger partial charge in [-0.25, -0.2) is 0 Å². The highest BCUT2D eigenvalue weighted by Crippen LogP contribution is 2.35. The molecular weight excluding hydrogens is 375 g/mol. The molecule has 2 aromatic rings. The molecule has 0 aliphatic heterocycles. The molecule has 0 saturated carbocycles. The van der Waals surface area contributed by atoms with Crippen molar-refractivity contribution in [2.24, 2.45) is 11.5 Å². The number of nitrogens with two attached hydrogens (primary N) is 2. The molecule has 0 saturated heterocycles. The Balaban J connectivity index is 2.01. The summed E-state index contributed by atoms with van der Waals surface area (Å²) in [6, 6.07) is 4.64. The number of nitrogens with zero attached hydrogens (tertiary/aromatic N) is 1. The molecule has 1 aromatic carbocycles. The second-order valence-corrected chi connectivity index (χ2v) is 7.12. The van der Waals surface area contributed by atoms with Gasteiger partial charge in [0.05, 0.1) is 0 Å². The van der Waals surface area contributed by atoms with Crippen molar-refractivity contribution in [2.45, 2.75) is 38.0 Å². The monoisotopic (exact) mass is 395 g/mol. The zero-order chi connectivity index (χ0) is 19.8. The van der Waals surface area contributed by atoms with Crippen LogP contribution in [0.15, 0.2) is 30.5 Å². The summed E-state index contributed by atoms with van der Waals surface area (Å²) in [6.45, 7) is 0.239. The Labute approximate surface area is 160 Å². The van der Waals surface area contributed by atoms with Gasteiger partial charge in [-0.05, 0) is 30.2 Å². The number of aryl methyl sites for hydroxylation is 1. The Morgan fingerprint density at radius 2 is 2.04 bits per heavy atom. The van der Waals surface area contributed by atoms with Crippen LogP contribution >= 0.6 is 12.2 Å². The van der Waals surface area contributed by atoms with E-state index in [1.165, 1.54) is 6.07 Å². The van der Waals surface area contributed by atoms with Crippen molar-refractivity contribution >= 4 is 23.3 Å². The first kappa shape index (κ1) is 19.4. The van der Waals surface area contributed by atoms with E-state index in [0.29, 0.717) is 17.5 Å². The second-order valence-electron chi connectivity index (χ2n) is 6.68. The van der Waals surface area contributed by atoms with Crippen LogP contribution in [0.5, 0.6) is 5.75 Å². The lowest BCUT2D eigenvalue weighted by molar-refractivity contribution is -0.135. The molecule has 0 amide bonds. The summed E-state index contributed by atoms with van der Waals surface area (Å²) >= 11 is 4.99. The summed E-state index contributed by atoms with van der Waals surface area (Å²) in [5.74, 6) is 0.0189. The SMILES string of the molecule is NC(=S)c1cc(O)cc(-c2cn(CCCC(F)(F)F)c3c2C=CC(N)C3)c1. The summed E-state index contributed by atoms with van der Waals surface area (Å²) in [6.07, 6.45) is 1.06. The minimum atomic E-state index is -4.18. The van der Waals surface area contributed by atoms with Crippen LogP contribution < -0.4 is 11.5 Å². The topological polar surface area (TPSA) is 77.2 Å². The number of rotatable bonds is 5. The highest BCUT2D eigenvalue weighted by atomic mass is 32.1. The maximum Gasteiger partial charge on any atom is 0.389 e. The number of hydrogen-bond donors (Lipinski definition) is 3. The highest BCUT2D eigenvalue weighted by Gasteiger charge is 2.27. The Kier molecular flexibility index (Phi) is 5.30. The van der Waals surface area contributed by atoms with Crippen molar-refractivity contribution in [1.29, 1.82) is 0 Å². The van der Waals surface area contributed by atoms with Crippen LogP contribution in [0.2, 0.25) is 0 Å². The number of halogens is 3. The first-order chi connectivity index (χ1) is 12.6. The first-order valence-corrected chi connectivity index (χ1v) is 8.91. The summed E-state index contributed by atoms with van der Waals surface area (Å²) < 4.78 is 39.3. The van der Waals surface area contributed by atoms with Crippen LogP contribution in [0, 0.1) is 0 Å². The zero-order valence-corrected chi connectivity index (χ0v) is 15.3. The number of fused-ring (bicyclic) bond motifs is 1. The fourth-order valence-corrected chi connectivity index (χ4v) is 3.44. The van der Waals surface area contributed by atoms with Crippen LogP contribution in [-0.4, -0.2) is 26.9 Å². The number of thiocarbonyl (C=S) groups is 1. The number of phenolic OH excluding ortho intramolecular Hbond substituents is 1. The number of hydrogen-bond acceptors (Lipinski definition) is 3. The third-order valence-electron chi connectivity index (χ3n) is 4.54. The molecular formula is C19H20F3N3OS. The summed E-state index contributed by atoms with van der Waals surface area (Å²) in [5.41, 5.74) is 15.5. The molecule has 0 radical (unpaired) electrons. The van der Waals surface area contributed by atoms with Crippen molar-refractivity contribution in [2.75, 3.05) is 0 Å². The van der Waals surface area contributed by atoms with Crippen LogP contribution in [-0.2, 0) is 13.0 Å². The molecule has 3 rings (SSSR count). The summed E-state index contributed by atoms with van der Waals surface area (Å²) in [5, 5.41) is 10.0. The van der Waals surface area contributed by atoms with E-state index in [1.54, 1.807) is 12.1 Å². The van der Waals surface area contributed by atoms with Gasteiger partial charge in [-0.2, -0.15) is 13.2 Å². The fourth-order valence-electron chi connectivity index (χ4n) is 3.33. The van der Waals surface area contributed by atoms with Gasteiger partial charge >= 0.3 is 6.18 Å². The van der Waals surface area contributed by atoms with Gasteiger partial charge in [0.15, 0.2) is 0 Å². The number of aromatic hydroxyl groups is 1. The van der Waals surface area contributed by atoms with Gasteiger partial charge in [0.25, 0.3) is 0 Å². The largest absolute Gasteiger partial charge is 0.508 e. The van der Waals surface area contributed by atoms with Gasteiger partial charge in [0, 0.05) is 54.0 Å². The normalized spacial score (nSPS) is 16.4. The molecule has 1 atom stereocenters. The molecule has 1 unspecified atom stereocenters. The Bertz CT molecular complexity index is 902. The van der Waals surface area contributed by atoms with Crippen molar-refractivity contribution in [3.63, 3.8) is 0 Å². The van der Waals surface area contributed by atoms with E-state index in [4.69, 9.17) is 23.7 Å². The lowest BCUT2D eigenvalue weighted by atomic mass is 9.94. The van der Waals surface area contributed by atoms with Gasteiger partial charge in [-0.1, -0.05) is 24.4 Å². The zero-order valence-electron chi connectivity index (χ0n) is 14.5. The van der Waals surface area contributed by atoms with E-state index in [1.807, 2.05) is 22.9 Å². The maximum absolute atomic E-state index is 12.5. The molecule has 0 bridgehead atoms. The van der Waals surface area contributed by atoms with E-state index in [0.717, 1.165) is 16.8 Å².